The Kier molecular flexibility index (Phi) is 5.41. The summed E-state index contributed by atoms with van der Waals surface area (Å²) < 4.78 is 22.0. The minimum absolute atomic E-state index is 0.313. The van der Waals surface area contributed by atoms with Crippen molar-refractivity contribution in [3.8, 4) is 0 Å². The topological polar surface area (TPSA) is 34.1 Å². The Morgan fingerprint density at radius 3 is 2.40 bits per heavy atom. The molecule has 0 aromatic heterocycles. The summed E-state index contributed by atoms with van der Waals surface area (Å²) in [6.07, 6.45) is 8.27. The molecule has 0 aliphatic heterocycles. The van der Waals surface area contributed by atoms with Crippen LogP contribution in [0.2, 0.25) is 0 Å². The highest BCUT2D eigenvalue weighted by Gasteiger charge is 2.24. The van der Waals surface area contributed by atoms with Crippen molar-refractivity contribution < 1.29 is 8.42 Å². The second-order valence-corrected chi connectivity index (χ2v) is 7.30. The average Bonchev–Trinajstić information content (AvgIpc) is 2.63. The lowest BCUT2D eigenvalue weighted by Crippen LogP contribution is -2.15. The molecule has 0 aromatic carbocycles. The SMILES string of the molecule is CS(=O)(=O)CCCC(CCl)C1CCCC1. The van der Waals surface area contributed by atoms with Crippen LogP contribution in [0.1, 0.15) is 38.5 Å². The summed E-state index contributed by atoms with van der Waals surface area (Å²) >= 11 is 5.95. The molecule has 0 bridgehead atoms. The van der Waals surface area contributed by atoms with Gasteiger partial charge in [-0.25, -0.2) is 8.42 Å². The van der Waals surface area contributed by atoms with Crippen molar-refractivity contribution in [3.05, 3.63) is 0 Å². The number of alkyl halides is 1. The number of rotatable bonds is 6. The smallest absolute Gasteiger partial charge is 0.147 e. The first-order valence-electron chi connectivity index (χ1n) is 5.76. The minimum atomic E-state index is -2.79. The van der Waals surface area contributed by atoms with E-state index >= 15 is 0 Å². The highest BCUT2D eigenvalue weighted by molar-refractivity contribution is 7.90. The van der Waals surface area contributed by atoms with Crippen LogP contribution in [0.4, 0.5) is 0 Å². The Labute approximate surface area is 98.3 Å². The molecular formula is C11H21ClO2S. The van der Waals surface area contributed by atoms with E-state index in [1.165, 1.54) is 31.9 Å². The van der Waals surface area contributed by atoms with E-state index in [0.717, 1.165) is 18.8 Å². The Hall–Kier alpha value is 0.240. The Bertz CT molecular complexity index is 268. The van der Waals surface area contributed by atoms with Crippen LogP contribution >= 0.6 is 11.6 Å². The van der Waals surface area contributed by atoms with Crippen LogP contribution in [-0.2, 0) is 9.84 Å². The molecule has 0 spiro atoms. The fraction of sp³-hybridized carbons (Fsp3) is 1.00. The zero-order valence-corrected chi connectivity index (χ0v) is 11.0. The third kappa shape index (κ3) is 5.21. The third-order valence-corrected chi connectivity index (χ3v) is 4.78. The molecule has 1 unspecified atom stereocenters. The van der Waals surface area contributed by atoms with Crippen molar-refractivity contribution in [1.29, 1.82) is 0 Å². The molecule has 0 saturated heterocycles. The molecule has 90 valence electrons. The van der Waals surface area contributed by atoms with Crippen LogP contribution < -0.4 is 0 Å². The van der Waals surface area contributed by atoms with Crippen LogP contribution in [0.15, 0.2) is 0 Å². The lowest BCUT2D eigenvalue weighted by atomic mass is 9.89. The zero-order chi connectivity index (χ0) is 11.3. The van der Waals surface area contributed by atoms with Crippen molar-refractivity contribution in [2.24, 2.45) is 11.8 Å². The molecule has 1 fully saturated rings. The Morgan fingerprint density at radius 1 is 1.33 bits per heavy atom. The first-order chi connectivity index (χ1) is 7.03. The first kappa shape index (κ1) is 13.3. The van der Waals surface area contributed by atoms with E-state index in [0.29, 0.717) is 17.6 Å². The summed E-state index contributed by atoms with van der Waals surface area (Å²) in [6, 6.07) is 0. The van der Waals surface area contributed by atoms with Gasteiger partial charge in [0.05, 0.1) is 0 Å². The maximum absolute atomic E-state index is 11.0. The maximum Gasteiger partial charge on any atom is 0.147 e. The molecule has 0 radical (unpaired) electrons. The predicted molar refractivity (Wildman–Crippen MR) is 65.1 cm³/mol. The Morgan fingerprint density at radius 2 is 1.93 bits per heavy atom. The van der Waals surface area contributed by atoms with Gasteiger partial charge in [-0.15, -0.1) is 11.6 Å². The van der Waals surface area contributed by atoms with Crippen LogP contribution in [0.3, 0.4) is 0 Å². The summed E-state index contributed by atoms with van der Waals surface area (Å²) in [7, 11) is -2.79. The van der Waals surface area contributed by atoms with Gasteiger partial charge in [-0.2, -0.15) is 0 Å². The largest absolute Gasteiger partial charge is 0.229 e. The van der Waals surface area contributed by atoms with Crippen LogP contribution in [0, 0.1) is 11.8 Å². The molecule has 0 aromatic rings. The van der Waals surface area contributed by atoms with Gasteiger partial charge in [0.25, 0.3) is 0 Å². The van der Waals surface area contributed by atoms with E-state index in [1.807, 2.05) is 0 Å². The molecular weight excluding hydrogens is 232 g/mol. The number of halogens is 1. The van der Waals surface area contributed by atoms with Gasteiger partial charge in [0.1, 0.15) is 9.84 Å². The zero-order valence-electron chi connectivity index (χ0n) is 9.41. The fourth-order valence-corrected chi connectivity index (χ4v) is 3.57. The molecule has 15 heavy (non-hydrogen) atoms. The van der Waals surface area contributed by atoms with Gasteiger partial charge in [-0.1, -0.05) is 25.7 Å². The van der Waals surface area contributed by atoms with E-state index in [1.54, 1.807) is 0 Å². The second kappa shape index (κ2) is 6.09. The van der Waals surface area contributed by atoms with Gasteiger partial charge in [0.15, 0.2) is 0 Å². The highest BCUT2D eigenvalue weighted by Crippen LogP contribution is 2.34. The standard InChI is InChI=1S/C11H21ClO2S/c1-15(13,14)8-4-7-11(9-12)10-5-2-3-6-10/h10-11H,2-9H2,1H3. The normalized spacial score (nSPS) is 20.7. The second-order valence-electron chi connectivity index (χ2n) is 4.73. The van der Waals surface area contributed by atoms with E-state index in [2.05, 4.69) is 0 Å². The quantitative estimate of drug-likeness (QED) is 0.682. The number of hydrogen-bond acceptors (Lipinski definition) is 2. The van der Waals surface area contributed by atoms with Crippen molar-refractivity contribution >= 4 is 21.4 Å². The molecule has 0 amide bonds. The summed E-state index contributed by atoms with van der Waals surface area (Å²) in [5, 5.41) is 0. The highest BCUT2D eigenvalue weighted by atomic mass is 35.5. The molecule has 1 aliphatic rings. The summed E-state index contributed by atoms with van der Waals surface area (Å²) in [5.74, 6) is 2.29. The fourth-order valence-electron chi connectivity index (χ4n) is 2.48. The van der Waals surface area contributed by atoms with Gasteiger partial charge in [-0.3, -0.25) is 0 Å². The number of sulfone groups is 1. The molecule has 4 heteroatoms. The third-order valence-electron chi connectivity index (χ3n) is 3.35. The molecule has 2 nitrogen and oxygen atoms in total. The molecule has 0 N–H and O–H groups in total. The van der Waals surface area contributed by atoms with E-state index in [4.69, 9.17) is 11.6 Å². The van der Waals surface area contributed by atoms with Gasteiger partial charge < -0.3 is 0 Å². The monoisotopic (exact) mass is 252 g/mol. The predicted octanol–water partition coefficient (Wildman–Crippen LogP) is 2.86. The molecule has 1 atom stereocenters. The van der Waals surface area contributed by atoms with E-state index < -0.39 is 9.84 Å². The summed E-state index contributed by atoms with van der Waals surface area (Å²) in [6.45, 7) is 0. The molecule has 1 aliphatic carbocycles. The van der Waals surface area contributed by atoms with Crippen LogP contribution in [0.5, 0.6) is 0 Å². The van der Waals surface area contributed by atoms with Crippen LogP contribution in [-0.4, -0.2) is 26.3 Å². The molecule has 1 rings (SSSR count). The maximum atomic E-state index is 11.0. The summed E-state index contributed by atoms with van der Waals surface area (Å²) in [5.41, 5.74) is 0. The average molecular weight is 253 g/mol. The van der Waals surface area contributed by atoms with Crippen molar-refractivity contribution in [3.63, 3.8) is 0 Å². The van der Waals surface area contributed by atoms with Crippen molar-refractivity contribution in [2.75, 3.05) is 17.9 Å². The minimum Gasteiger partial charge on any atom is -0.229 e. The van der Waals surface area contributed by atoms with Crippen LogP contribution in [0.25, 0.3) is 0 Å². The van der Waals surface area contributed by atoms with Crippen molar-refractivity contribution in [2.45, 2.75) is 38.5 Å². The molecule has 0 heterocycles. The van der Waals surface area contributed by atoms with Gasteiger partial charge in [-0.05, 0) is 24.7 Å². The Balaban J connectivity index is 2.27. The first-order valence-corrected chi connectivity index (χ1v) is 8.36. The van der Waals surface area contributed by atoms with Gasteiger partial charge >= 0.3 is 0 Å². The lowest BCUT2D eigenvalue weighted by molar-refractivity contribution is 0.347. The van der Waals surface area contributed by atoms with Gasteiger partial charge in [0.2, 0.25) is 0 Å². The molecule has 1 saturated carbocycles. The van der Waals surface area contributed by atoms with Gasteiger partial charge in [0, 0.05) is 17.9 Å². The lowest BCUT2D eigenvalue weighted by Gasteiger charge is -2.20. The van der Waals surface area contributed by atoms with Crippen molar-refractivity contribution in [1.82, 2.24) is 0 Å². The van der Waals surface area contributed by atoms with E-state index in [-0.39, 0.29) is 0 Å². The number of hydrogen-bond donors (Lipinski definition) is 0. The van der Waals surface area contributed by atoms with E-state index in [9.17, 15) is 8.42 Å². The summed E-state index contributed by atoms with van der Waals surface area (Å²) in [4.78, 5) is 0.